The molecule has 0 aliphatic heterocycles. The van der Waals surface area contributed by atoms with E-state index >= 15 is 0 Å². The Morgan fingerprint density at radius 2 is 0.420 bits per heavy atom. The standard InChI is InChI=1S/C104H98N4O2Si2/c1-11-61-109-111(71(3)4,72(5)6)103-91-63-79-67-99(105(83-45-17-13-18-46-83)95-57-33-41-75-37-25-29-53-87(75)95)101(107(85-49-21-15-22-50-85)97-59-35-43-77-39-27-31-55-89(77)97)69-81(79)65-93(91)104(112(73(7)8,74(9)10)110-62-12-2)94-66-82-70-102(108(86-51-23-16-24-52-86)98-60-36-44-78-40-28-32-56-90(78)98)100(68-80(82)64-92(94)103)106(84-47-19-14-20-48-84)96-58-34-42-76-38-26-30-54-88(76)96/h13-60,63-74H,11-12,61-62H2,1-10H3. The molecule has 0 fully saturated rings. The second-order valence-electron chi connectivity index (χ2n) is 31.5. The third-order valence-electron chi connectivity index (χ3n) is 23.6. The number of hydrogen-bond acceptors (Lipinski definition) is 6. The van der Waals surface area contributed by atoms with E-state index in [0.717, 1.165) is 124 Å². The Hall–Kier alpha value is -11.6. The van der Waals surface area contributed by atoms with Crippen LogP contribution in [0, 0.1) is 0 Å². The first kappa shape index (κ1) is 73.2. The van der Waals surface area contributed by atoms with Gasteiger partial charge in [0.25, 0.3) is 0 Å². The van der Waals surface area contributed by atoms with E-state index in [1.165, 1.54) is 53.5 Å². The van der Waals surface area contributed by atoms with Crippen LogP contribution in [-0.4, -0.2) is 29.8 Å². The van der Waals surface area contributed by atoms with E-state index in [0.29, 0.717) is 13.2 Å². The van der Waals surface area contributed by atoms with Crippen LogP contribution in [0.3, 0.4) is 0 Å². The molecule has 17 rings (SSSR count). The molecule has 0 N–H and O–H groups in total. The maximum atomic E-state index is 8.11. The van der Waals surface area contributed by atoms with Crippen molar-refractivity contribution < 1.29 is 8.85 Å². The van der Waals surface area contributed by atoms with Crippen LogP contribution >= 0.6 is 0 Å². The highest BCUT2D eigenvalue weighted by atomic mass is 28.4. The highest BCUT2D eigenvalue weighted by Crippen LogP contribution is 2.54. The molecule has 17 aromatic carbocycles. The van der Waals surface area contributed by atoms with Crippen molar-refractivity contribution in [3.8, 4) is 0 Å². The fourth-order valence-electron chi connectivity index (χ4n) is 18.7. The van der Waals surface area contributed by atoms with Crippen LogP contribution in [0.1, 0.15) is 82.1 Å². The zero-order valence-corrected chi connectivity index (χ0v) is 68.1. The van der Waals surface area contributed by atoms with Gasteiger partial charge in [-0.2, -0.15) is 0 Å². The second kappa shape index (κ2) is 30.9. The molecule has 6 nitrogen and oxygen atoms in total. The Bertz CT molecular complexity index is 5540. The summed E-state index contributed by atoms with van der Waals surface area (Å²) in [6, 6.07) is 127. The normalized spacial score (nSPS) is 12.2. The molecular weight excluding hydrogens is 1390 g/mol. The Morgan fingerprint density at radius 3 is 0.634 bits per heavy atom. The molecule has 0 aromatic heterocycles. The first-order chi connectivity index (χ1) is 54.8. The number of fused-ring (bicyclic) bond motifs is 8. The van der Waals surface area contributed by atoms with Gasteiger partial charge in [0.2, 0.25) is 16.6 Å². The summed E-state index contributed by atoms with van der Waals surface area (Å²) in [7, 11) is -6.41. The summed E-state index contributed by atoms with van der Waals surface area (Å²) in [5.74, 6) is 0. The second-order valence-corrected chi connectivity index (χ2v) is 40.9. The maximum Gasteiger partial charge on any atom is 0.230 e. The van der Waals surface area contributed by atoms with Crippen molar-refractivity contribution in [2.24, 2.45) is 0 Å². The quantitative estimate of drug-likeness (QED) is 0.0443. The molecule has 8 heteroatoms. The van der Waals surface area contributed by atoms with Crippen molar-refractivity contribution in [3.63, 3.8) is 0 Å². The number of para-hydroxylation sites is 4. The molecule has 0 spiro atoms. The Morgan fingerprint density at radius 1 is 0.214 bits per heavy atom. The zero-order valence-electron chi connectivity index (χ0n) is 66.1. The van der Waals surface area contributed by atoms with Crippen molar-refractivity contribution >= 4 is 181 Å². The van der Waals surface area contributed by atoms with Gasteiger partial charge in [0, 0.05) is 57.5 Å². The summed E-state index contributed by atoms with van der Waals surface area (Å²) < 4.78 is 16.2. The van der Waals surface area contributed by atoms with Crippen LogP contribution in [0.2, 0.25) is 22.2 Å². The predicted octanol–water partition coefficient (Wildman–Crippen LogP) is 29.6. The third kappa shape index (κ3) is 12.8. The topological polar surface area (TPSA) is 31.4 Å². The number of hydrogen-bond donors (Lipinski definition) is 0. The van der Waals surface area contributed by atoms with Gasteiger partial charge in [-0.25, -0.2) is 0 Å². The third-order valence-corrected chi connectivity index (χ3v) is 34.4. The summed E-state index contributed by atoms with van der Waals surface area (Å²) in [6.07, 6.45) is 1.79. The molecule has 0 amide bonds. The van der Waals surface area contributed by atoms with Crippen LogP contribution in [0.5, 0.6) is 0 Å². The van der Waals surface area contributed by atoms with Crippen molar-refractivity contribution in [1.82, 2.24) is 0 Å². The molecular formula is C104H98N4O2Si2. The van der Waals surface area contributed by atoms with Gasteiger partial charge in [-0.1, -0.05) is 288 Å². The SMILES string of the molecule is CCCO[Si](c1c2cc3cc(N(c4ccccc4)c4cccc5ccccc45)c(N(c4ccccc4)c4cccc5ccccc45)cc3cc2c([Si](OCCC)(C(C)C)C(C)C)c2cc3cc(N(c4ccccc4)c4cccc5ccccc45)c(N(c4ccccc4)c4cccc5ccccc45)cc3cc12)(C(C)C)C(C)C. The molecule has 0 saturated heterocycles. The molecule has 0 radical (unpaired) electrons. The molecule has 0 saturated carbocycles. The van der Waals surface area contributed by atoms with E-state index in [9.17, 15) is 0 Å². The monoisotopic (exact) mass is 1490 g/mol. The fraction of sp³-hybridized carbons (Fsp3) is 0.173. The van der Waals surface area contributed by atoms with Crippen molar-refractivity contribution in [2.45, 2.75) is 104 Å². The van der Waals surface area contributed by atoms with Gasteiger partial charge < -0.3 is 28.5 Å². The van der Waals surface area contributed by atoms with Crippen LogP contribution in [-0.2, 0) is 8.85 Å². The number of benzene rings is 17. The van der Waals surface area contributed by atoms with Gasteiger partial charge in [-0.15, -0.1) is 0 Å². The van der Waals surface area contributed by atoms with Crippen molar-refractivity contribution in [2.75, 3.05) is 32.8 Å². The zero-order chi connectivity index (χ0) is 76.8. The lowest BCUT2D eigenvalue weighted by atomic mass is 9.94. The fourth-order valence-corrected chi connectivity index (χ4v) is 28.9. The average Bonchev–Trinajstić information content (AvgIpc) is 0.690. The molecule has 0 bridgehead atoms. The van der Waals surface area contributed by atoms with E-state index in [2.05, 4.69) is 429 Å². The first-order valence-corrected chi connectivity index (χ1v) is 44.5. The first-order valence-electron chi connectivity index (χ1n) is 40.4. The molecule has 0 atom stereocenters. The molecule has 0 unspecified atom stereocenters. The minimum Gasteiger partial charge on any atom is -0.412 e. The minimum atomic E-state index is -3.20. The largest absolute Gasteiger partial charge is 0.412 e. The van der Waals surface area contributed by atoms with Crippen molar-refractivity contribution in [1.29, 1.82) is 0 Å². The summed E-state index contributed by atoms with van der Waals surface area (Å²) in [5.41, 5.74) is 13.4. The van der Waals surface area contributed by atoms with Crippen LogP contribution < -0.4 is 30.0 Å². The molecule has 112 heavy (non-hydrogen) atoms. The van der Waals surface area contributed by atoms with E-state index in [1.807, 2.05) is 0 Å². The number of nitrogens with zero attached hydrogens (tertiary/aromatic N) is 4. The summed E-state index contributed by atoms with van der Waals surface area (Å²) >= 11 is 0. The summed E-state index contributed by atoms with van der Waals surface area (Å²) in [6.45, 7) is 25.6. The molecule has 554 valence electrons. The highest BCUT2D eigenvalue weighted by Gasteiger charge is 2.51. The highest BCUT2D eigenvalue weighted by molar-refractivity contribution is 6.96. The van der Waals surface area contributed by atoms with Gasteiger partial charge >= 0.3 is 0 Å². The summed E-state index contributed by atoms with van der Waals surface area (Å²) in [5, 5.41) is 21.6. The lowest BCUT2D eigenvalue weighted by Gasteiger charge is -2.44. The van der Waals surface area contributed by atoms with Gasteiger partial charge in [0.1, 0.15) is 0 Å². The Balaban J connectivity index is 1.09. The molecule has 17 aromatic rings. The minimum absolute atomic E-state index is 0.159. The molecule has 0 heterocycles. The van der Waals surface area contributed by atoms with Gasteiger partial charge in [0.05, 0.1) is 45.5 Å². The predicted molar refractivity (Wildman–Crippen MR) is 489 cm³/mol. The Kier molecular flexibility index (Phi) is 20.2. The van der Waals surface area contributed by atoms with Crippen LogP contribution in [0.15, 0.2) is 340 Å². The molecule has 0 aliphatic carbocycles. The van der Waals surface area contributed by atoms with Gasteiger partial charge in [-0.05, 0) is 231 Å². The lowest BCUT2D eigenvalue weighted by Crippen LogP contribution is -2.60. The van der Waals surface area contributed by atoms with E-state index in [4.69, 9.17) is 8.85 Å². The van der Waals surface area contributed by atoms with E-state index < -0.39 is 16.6 Å². The maximum absolute atomic E-state index is 8.11. The van der Waals surface area contributed by atoms with E-state index in [-0.39, 0.29) is 22.2 Å². The average molecular weight is 1490 g/mol. The lowest BCUT2D eigenvalue weighted by molar-refractivity contribution is 0.294. The van der Waals surface area contributed by atoms with Gasteiger partial charge in [-0.3, -0.25) is 0 Å². The van der Waals surface area contributed by atoms with Gasteiger partial charge in [0.15, 0.2) is 0 Å². The van der Waals surface area contributed by atoms with Crippen LogP contribution in [0.25, 0.3) is 86.2 Å². The smallest absolute Gasteiger partial charge is 0.230 e. The number of anilines is 12. The summed E-state index contributed by atoms with van der Waals surface area (Å²) in [4.78, 5) is 10.1. The van der Waals surface area contributed by atoms with Crippen molar-refractivity contribution in [3.05, 3.63) is 340 Å². The van der Waals surface area contributed by atoms with E-state index in [1.54, 1.807) is 0 Å². The Labute approximate surface area is 662 Å². The van der Waals surface area contributed by atoms with Crippen LogP contribution in [0.4, 0.5) is 68.2 Å². The molecule has 0 aliphatic rings. The number of rotatable bonds is 24.